The molecule has 2 unspecified atom stereocenters. The summed E-state index contributed by atoms with van der Waals surface area (Å²) in [7, 11) is 1.99. The summed E-state index contributed by atoms with van der Waals surface area (Å²) in [6.07, 6.45) is 1.88. The topological polar surface area (TPSA) is 119 Å². The van der Waals surface area contributed by atoms with Crippen LogP contribution in [0, 0.1) is 23.0 Å². The van der Waals surface area contributed by atoms with E-state index in [1.54, 1.807) is 4.90 Å². The minimum absolute atomic E-state index is 0.00342. The number of fused-ring (bicyclic) bond motifs is 1. The maximum absolute atomic E-state index is 15.5. The van der Waals surface area contributed by atoms with Crippen molar-refractivity contribution in [2.45, 2.75) is 31.3 Å². The van der Waals surface area contributed by atoms with Gasteiger partial charge < -0.3 is 24.5 Å². The molecule has 4 heterocycles. The van der Waals surface area contributed by atoms with Gasteiger partial charge in [0.1, 0.15) is 29.7 Å². The SMILES string of the molecule is C=C(F)C(=O)N1CCN(c2nc(OCC3CCCN3C)nc3nc(-c4c(O)cccc4F)c(F)cc23)CC1CC#N. The maximum Gasteiger partial charge on any atom is 0.320 e. The van der Waals surface area contributed by atoms with Crippen molar-refractivity contribution < 1.29 is 27.8 Å². The van der Waals surface area contributed by atoms with E-state index in [4.69, 9.17) is 4.74 Å². The van der Waals surface area contributed by atoms with Gasteiger partial charge in [0.2, 0.25) is 0 Å². The number of amides is 1. The predicted octanol–water partition coefficient (Wildman–Crippen LogP) is 3.56. The number of aromatic hydroxyl groups is 1. The molecule has 2 aliphatic rings. The molecule has 1 aromatic carbocycles. The minimum atomic E-state index is -1.13. The molecule has 0 saturated carbocycles. The quantitative estimate of drug-likeness (QED) is 0.428. The number of likely N-dealkylation sites (tertiary alicyclic amines) is 1. The number of carbonyl (C=O) groups is 1. The number of piperazine rings is 1. The number of hydrogen-bond donors (Lipinski definition) is 1. The molecule has 10 nitrogen and oxygen atoms in total. The van der Waals surface area contributed by atoms with Crippen LogP contribution in [0.5, 0.6) is 11.8 Å². The van der Waals surface area contributed by atoms with Gasteiger partial charge in [-0.3, -0.25) is 4.79 Å². The summed E-state index contributed by atoms with van der Waals surface area (Å²) in [4.78, 5) is 30.7. The maximum atomic E-state index is 15.5. The van der Waals surface area contributed by atoms with E-state index in [1.165, 1.54) is 17.0 Å². The Morgan fingerprint density at radius 1 is 1.20 bits per heavy atom. The molecule has 2 saturated heterocycles. The molecule has 0 aliphatic carbocycles. The van der Waals surface area contributed by atoms with Gasteiger partial charge in [0.05, 0.1) is 29.5 Å². The number of nitrogens with zero attached hydrogens (tertiary/aromatic N) is 7. The standard InChI is InChI=1S/C28H28F3N7O3/c1-16(29)27(40)38-12-11-37(14-17(38)8-9-32)26-19-13-21(31)24(23-20(30)6-3-7-22(23)39)33-25(19)34-28(35-26)41-15-18-5-4-10-36(18)2/h3,6-7,13,17-18,39H,1,4-5,8,10-12,14-15H2,2H3. The van der Waals surface area contributed by atoms with Gasteiger partial charge in [-0.15, -0.1) is 0 Å². The first-order valence-electron chi connectivity index (χ1n) is 13.1. The lowest BCUT2D eigenvalue weighted by molar-refractivity contribution is -0.131. The van der Waals surface area contributed by atoms with Gasteiger partial charge >= 0.3 is 6.01 Å². The van der Waals surface area contributed by atoms with Crippen LogP contribution in [0.3, 0.4) is 0 Å². The lowest BCUT2D eigenvalue weighted by Crippen LogP contribution is -2.55. The second-order valence-corrected chi connectivity index (χ2v) is 10.1. The number of pyridine rings is 1. The smallest absolute Gasteiger partial charge is 0.320 e. The summed E-state index contributed by atoms with van der Waals surface area (Å²) >= 11 is 0. The number of anilines is 1. The number of benzene rings is 1. The highest BCUT2D eigenvalue weighted by Gasteiger charge is 2.34. The second kappa shape index (κ2) is 11.6. The van der Waals surface area contributed by atoms with Crippen molar-refractivity contribution in [3.63, 3.8) is 0 Å². The van der Waals surface area contributed by atoms with Crippen LogP contribution in [-0.2, 0) is 4.79 Å². The first-order chi connectivity index (χ1) is 19.7. The summed E-state index contributed by atoms with van der Waals surface area (Å²) in [6.45, 7) is 4.62. The van der Waals surface area contributed by atoms with Crippen LogP contribution in [0.25, 0.3) is 22.3 Å². The average Bonchev–Trinajstić information content (AvgIpc) is 3.36. The molecule has 1 amide bonds. The molecule has 2 atom stereocenters. The first kappa shape index (κ1) is 28.1. The molecule has 2 fully saturated rings. The molecule has 13 heteroatoms. The van der Waals surface area contributed by atoms with Crippen LogP contribution in [0.4, 0.5) is 19.0 Å². The largest absolute Gasteiger partial charge is 0.507 e. The van der Waals surface area contributed by atoms with Crippen molar-refractivity contribution in [2.75, 3.05) is 44.7 Å². The van der Waals surface area contributed by atoms with Crippen molar-refractivity contribution >= 4 is 22.8 Å². The molecular weight excluding hydrogens is 539 g/mol. The molecule has 0 radical (unpaired) electrons. The first-order valence-corrected chi connectivity index (χ1v) is 13.1. The Balaban J connectivity index is 1.58. The highest BCUT2D eigenvalue weighted by molar-refractivity contribution is 5.92. The molecule has 41 heavy (non-hydrogen) atoms. The van der Waals surface area contributed by atoms with E-state index in [0.717, 1.165) is 31.5 Å². The lowest BCUT2D eigenvalue weighted by atomic mass is 10.1. The van der Waals surface area contributed by atoms with Crippen LogP contribution < -0.4 is 9.64 Å². The molecule has 2 aliphatic heterocycles. The Morgan fingerprint density at radius 2 is 2.00 bits per heavy atom. The summed E-state index contributed by atoms with van der Waals surface area (Å²) in [6, 6.07) is 6.14. The lowest BCUT2D eigenvalue weighted by Gasteiger charge is -2.41. The van der Waals surface area contributed by atoms with Gasteiger partial charge in [0.25, 0.3) is 5.91 Å². The zero-order chi connectivity index (χ0) is 29.3. The van der Waals surface area contributed by atoms with E-state index in [9.17, 15) is 23.9 Å². The molecule has 5 rings (SSSR count). The van der Waals surface area contributed by atoms with E-state index in [0.29, 0.717) is 6.61 Å². The fourth-order valence-corrected chi connectivity index (χ4v) is 5.33. The van der Waals surface area contributed by atoms with Crippen LogP contribution in [0.15, 0.2) is 36.7 Å². The molecule has 0 bridgehead atoms. The van der Waals surface area contributed by atoms with Crippen LogP contribution in [0.1, 0.15) is 19.3 Å². The fraction of sp³-hybridized carbons (Fsp3) is 0.393. The van der Waals surface area contributed by atoms with E-state index in [1.807, 2.05) is 13.1 Å². The van der Waals surface area contributed by atoms with Gasteiger partial charge in [0.15, 0.2) is 17.3 Å². The van der Waals surface area contributed by atoms with Gasteiger partial charge in [-0.05, 0) is 44.6 Å². The molecule has 214 valence electrons. The van der Waals surface area contributed by atoms with Gasteiger partial charge in [-0.1, -0.05) is 12.6 Å². The zero-order valence-electron chi connectivity index (χ0n) is 22.4. The number of phenols is 1. The van der Waals surface area contributed by atoms with E-state index in [2.05, 4.69) is 26.4 Å². The molecule has 0 spiro atoms. The van der Waals surface area contributed by atoms with Crippen LogP contribution in [-0.4, -0.2) is 87.7 Å². The number of rotatable bonds is 7. The summed E-state index contributed by atoms with van der Waals surface area (Å²) in [5, 5.41) is 19.8. The second-order valence-electron chi connectivity index (χ2n) is 10.1. The minimum Gasteiger partial charge on any atom is -0.507 e. The van der Waals surface area contributed by atoms with Crippen molar-refractivity contribution in [2.24, 2.45) is 0 Å². The van der Waals surface area contributed by atoms with E-state index >= 15 is 4.39 Å². The highest BCUT2D eigenvalue weighted by atomic mass is 19.1. The number of ether oxygens (including phenoxy) is 1. The Hall–Kier alpha value is -4.44. The number of nitriles is 1. The van der Waals surface area contributed by atoms with Crippen LogP contribution in [0.2, 0.25) is 0 Å². The van der Waals surface area contributed by atoms with Crippen molar-refractivity contribution in [1.82, 2.24) is 24.8 Å². The van der Waals surface area contributed by atoms with E-state index < -0.39 is 46.4 Å². The normalized spacial score (nSPS) is 19.4. The van der Waals surface area contributed by atoms with Crippen LogP contribution >= 0.6 is 0 Å². The molecular formula is C28H28F3N7O3. The average molecular weight is 568 g/mol. The number of carbonyl (C=O) groups excluding carboxylic acids is 1. The monoisotopic (exact) mass is 567 g/mol. The van der Waals surface area contributed by atoms with Gasteiger partial charge in [-0.2, -0.15) is 15.2 Å². The Morgan fingerprint density at radius 3 is 2.68 bits per heavy atom. The summed E-state index contributed by atoms with van der Waals surface area (Å²) in [5.74, 6) is -4.06. The highest BCUT2D eigenvalue weighted by Crippen LogP contribution is 2.36. The molecule has 2 aromatic heterocycles. The van der Waals surface area contributed by atoms with E-state index in [-0.39, 0.29) is 55.0 Å². The number of halogens is 3. The van der Waals surface area contributed by atoms with Gasteiger partial charge in [0, 0.05) is 25.7 Å². The third-order valence-corrected chi connectivity index (χ3v) is 7.51. The number of hydrogen-bond acceptors (Lipinski definition) is 9. The number of likely N-dealkylation sites (N-methyl/N-ethyl adjacent to an activating group) is 1. The summed E-state index contributed by atoms with van der Waals surface area (Å²) < 4.78 is 49.7. The van der Waals surface area contributed by atoms with Crippen molar-refractivity contribution in [3.8, 4) is 29.1 Å². The third-order valence-electron chi connectivity index (χ3n) is 7.51. The predicted molar refractivity (Wildman–Crippen MR) is 144 cm³/mol. The van der Waals surface area contributed by atoms with Crippen molar-refractivity contribution in [1.29, 1.82) is 5.26 Å². The number of aromatic nitrogens is 3. The molecule has 3 aromatic rings. The molecule has 1 N–H and O–H groups in total. The zero-order valence-corrected chi connectivity index (χ0v) is 22.4. The fourth-order valence-electron chi connectivity index (χ4n) is 5.33. The Labute approximate surface area is 234 Å². The Kier molecular flexibility index (Phi) is 7.94. The Bertz CT molecular complexity index is 1530. The van der Waals surface area contributed by atoms with Gasteiger partial charge in [-0.25, -0.2) is 18.2 Å². The number of phenolic OH excluding ortho intramolecular Hbond substituents is 1. The third kappa shape index (κ3) is 5.60. The summed E-state index contributed by atoms with van der Waals surface area (Å²) in [5.41, 5.74) is -0.843. The van der Waals surface area contributed by atoms with Crippen molar-refractivity contribution in [3.05, 3.63) is 48.3 Å².